The zero-order chi connectivity index (χ0) is 18.2. The van der Waals surface area contributed by atoms with Crippen molar-refractivity contribution in [3.05, 3.63) is 63.9 Å². The predicted octanol–water partition coefficient (Wildman–Crippen LogP) is 3.32. The van der Waals surface area contributed by atoms with E-state index < -0.39 is 34.3 Å². The molecule has 0 aliphatic heterocycles. The van der Waals surface area contributed by atoms with Gasteiger partial charge in [0.2, 0.25) is 5.67 Å². The van der Waals surface area contributed by atoms with Gasteiger partial charge in [-0.3, -0.25) is 9.78 Å². The van der Waals surface area contributed by atoms with Crippen LogP contribution in [-0.2, 0) is 17.0 Å². The van der Waals surface area contributed by atoms with Crippen LogP contribution in [0.4, 0.5) is 13.2 Å². The Bertz CT molecular complexity index is 834. The molecule has 1 heterocycles. The van der Waals surface area contributed by atoms with Crippen LogP contribution in [0.25, 0.3) is 0 Å². The van der Waals surface area contributed by atoms with E-state index in [1.165, 1.54) is 18.3 Å². The Balaban J connectivity index is 1.82. The minimum atomic E-state index is -2.39. The van der Waals surface area contributed by atoms with E-state index in [1.807, 2.05) is 0 Å². The lowest BCUT2D eigenvalue weighted by molar-refractivity contribution is -0.135. The maximum atomic E-state index is 15.3. The summed E-state index contributed by atoms with van der Waals surface area (Å²) in [6.45, 7) is -0.353. The first kappa shape index (κ1) is 17.7. The molecule has 0 radical (unpaired) electrons. The van der Waals surface area contributed by atoms with Gasteiger partial charge >= 0.3 is 0 Å². The molecule has 4 nitrogen and oxygen atoms in total. The maximum absolute atomic E-state index is 15.3. The maximum Gasteiger partial charge on any atom is 0.262 e. The van der Waals surface area contributed by atoms with Crippen molar-refractivity contribution in [3.63, 3.8) is 0 Å². The Morgan fingerprint density at radius 2 is 2.16 bits per heavy atom. The average molecular weight is 371 g/mol. The SMILES string of the molecule is O=C(NCc1ccc(F)c(Cl)c1F)[C@]1(F)CC[C@H](O)c2ncccc21. The molecule has 25 heavy (non-hydrogen) atoms. The van der Waals surface area contributed by atoms with Gasteiger partial charge in [0.1, 0.15) is 16.7 Å². The number of alkyl halides is 1. The minimum absolute atomic E-state index is 0.0103. The third kappa shape index (κ3) is 3.09. The van der Waals surface area contributed by atoms with Crippen molar-refractivity contribution in [2.24, 2.45) is 0 Å². The van der Waals surface area contributed by atoms with Crippen molar-refractivity contribution in [1.29, 1.82) is 0 Å². The van der Waals surface area contributed by atoms with Gasteiger partial charge in [0.05, 0.1) is 11.8 Å². The second-order valence-electron chi connectivity index (χ2n) is 5.81. The number of amides is 1. The molecule has 2 atom stereocenters. The number of benzene rings is 1. The van der Waals surface area contributed by atoms with Crippen LogP contribution in [-0.4, -0.2) is 16.0 Å². The molecule has 3 rings (SSSR count). The van der Waals surface area contributed by atoms with Crippen molar-refractivity contribution in [2.45, 2.75) is 31.2 Å². The zero-order valence-corrected chi connectivity index (χ0v) is 13.7. The Morgan fingerprint density at radius 3 is 2.92 bits per heavy atom. The Morgan fingerprint density at radius 1 is 1.40 bits per heavy atom. The molecule has 2 aromatic rings. The summed E-state index contributed by atoms with van der Waals surface area (Å²) in [4.78, 5) is 16.3. The van der Waals surface area contributed by atoms with Crippen molar-refractivity contribution in [2.75, 3.05) is 0 Å². The van der Waals surface area contributed by atoms with Gasteiger partial charge in [-0.1, -0.05) is 23.7 Å². The lowest BCUT2D eigenvalue weighted by Gasteiger charge is -2.32. The van der Waals surface area contributed by atoms with Crippen LogP contribution in [0.15, 0.2) is 30.5 Å². The van der Waals surface area contributed by atoms with Crippen LogP contribution < -0.4 is 5.32 Å². The Kier molecular flexibility index (Phi) is 4.71. The van der Waals surface area contributed by atoms with Gasteiger partial charge in [0.15, 0.2) is 0 Å². The monoisotopic (exact) mass is 370 g/mol. The van der Waals surface area contributed by atoms with E-state index in [-0.39, 0.29) is 36.2 Å². The summed E-state index contributed by atoms with van der Waals surface area (Å²) >= 11 is 5.48. The number of aromatic nitrogens is 1. The third-order valence-electron chi connectivity index (χ3n) is 4.26. The van der Waals surface area contributed by atoms with E-state index in [4.69, 9.17) is 11.6 Å². The van der Waals surface area contributed by atoms with Gasteiger partial charge in [0.25, 0.3) is 5.91 Å². The third-order valence-corrected chi connectivity index (χ3v) is 4.60. The quantitative estimate of drug-likeness (QED) is 0.815. The fraction of sp³-hybridized carbons (Fsp3) is 0.294. The number of nitrogens with one attached hydrogen (secondary N) is 1. The summed E-state index contributed by atoms with van der Waals surface area (Å²) in [5.41, 5.74) is -2.35. The zero-order valence-electron chi connectivity index (χ0n) is 12.9. The van der Waals surface area contributed by atoms with Crippen LogP contribution in [0.3, 0.4) is 0 Å². The van der Waals surface area contributed by atoms with Crippen LogP contribution in [0, 0.1) is 11.6 Å². The molecular weight excluding hydrogens is 357 g/mol. The largest absolute Gasteiger partial charge is 0.387 e. The number of aliphatic hydroxyl groups is 1. The Hall–Kier alpha value is -2.12. The topological polar surface area (TPSA) is 62.2 Å². The summed E-state index contributed by atoms with van der Waals surface area (Å²) in [5, 5.41) is 11.5. The summed E-state index contributed by atoms with van der Waals surface area (Å²) in [6, 6.07) is 4.95. The normalized spacial score (nSPS) is 22.4. The van der Waals surface area contributed by atoms with E-state index in [1.54, 1.807) is 0 Å². The number of rotatable bonds is 3. The number of pyridine rings is 1. The number of nitrogens with zero attached hydrogens (tertiary/aromatic N) is 1. The number of halogens is 4. The first-order valence-corrected chi connectivity index (χ1v) is 7.95. The molecule has 0 spiro atoms. The second kappa shape index (κ2) is 6.65. The summed E-state index contributed by atoms with van der Waals surface area (Å²) in [5.74, 6) is -2.90. The molecule has 1 aliphatic carbocycles. The van der Waals surface area contributed by atoms with Gasteiger partial charge in [-0.2, -0.15) is 0 Å². The fourth-order valence-corrected chi connectivity index (χ4v) is 3.06. The fourth-order valence-electron chi connectivity index (χ4n) is 2.88. The molecule has 1 amide bonds. The van der Waals surface area contributed by atoms with Gasteiger partial charge in [-0.15, -0.1) is 0 Å². The van der Waals surface area contributed by atoms with E-state index in [0.29, 0.717) is 0 Å². The molecule has 1 aromatic carbocycles. The van der Waals surface area contributed by atoms with Crippen LogP contribution in [0.1, 0.15) is 35.8 Å². The first-order chi connectivity index (χ1) is 11.8. The molecule has 132 valence electrons. The highest BCUT2D eigenvalue weighted by Gasteiger charge is 2.46. The number of hydrogen-bond donors (Lipinski definition) is 2. The van der Waals surface area contributed by atoms with Crippen molar-refractivity contribution in [3.8, 4) is 0 Å². The second-order valence-corrected chi connectivity index (χ2v) is 6.19. The first-order valence-electron chi connectivity index (χ1n) is 7.57. The number of fused-ring (bicyclic) bond motifs is 1. The average Bonchev–Trinajstić information content (AvgIpc) is 2.62. The minimum Gasteiger partial charge on any atom is -0.387 e. The van der Waals surface area contributed by atoms with Crippen molar-refractivity contribution in [1.82, 2.24) is 10.3 Å². The van der Waals surface area contributed by atoms with Crippen LogP contribution in [0.2, 0.25) is 5.02 Å². The lowest BCUT2D eigenvalue weighted by Crippen LogP contribution is -2.44. The van der Waals surface area contributed by atoms with Gasteiger partial charge in [0, 0.05) is 23.9 Å². The highest BCUT2D eigenvalue weighted by Crippen LogP contribution is 2.42. The Labute approximate surface area is 146 Å². The van der Waals surface area contributed by atoms with Gasteiger partial charge in [-0.25, -0.2) is 13.2 Å². The van der Waals surface area contributed by atoms with E-state index >= 15 is 4.39 Å². The summed E-state index contributed by atoms with van der Waals surface area (Å²) < 4.78 is 42.4. The van der Waals surface area contributed by atoms with Crippen molar-refractivity contribution < 1.29 is 23.1 Å². The molecule has 1 aromatic heterocycles. The standard InChI is InChI=1S/C17H14ClF3N2O2/c18-13-11(19)4-3-9(14(13)20)8-23-16(25)17(21)6-5-12(24)15-10(17)2-1-7-22-15/h1-4,7,12,24H,5-6,8H2,(H,23,25)/t12-,17-/m0/s1. The van der Waals surface area contributed by atoms with Gasteiger partial charge < -0.3 is 10.4 Å². The number of carbonyl (C=O) groups is 1. The van der Waals surface area contributed by atoms with E-state index in [9.17, 15) is 18.7 Å². The highest BCUT2D eigenvalue weighted by molar-refractivity contribution is 6.30. The van der Waals surface area contributed by atoms with Crippen LogP contribution >= 0.6 is 11.6 Å². The summed E-state index contributed by atoms with van der Waals surface area (Å²) in [6.07, 6.45) is 0.263. The molecular formula is C17H14ClF3N2O2. The summed E-state index contributed by atoms with van der Waals surface area (Å²) in [7, 11) is 0. The number of aliphatic hydroxyl groups excluding tert-OH is 1. The molecule has 2 N–H and O–H groups in total. The molecule has 0 saturated heterocycles. The lowest BCUT2D eigenvalue weighted by atomic mass is 9.81. The smallest absolute Gasteiger partial charge is 0.262 e. The molecule has 0 saturated carbocycles. The van der Waals surface area contributed by atoms with Crippen LogP contribution in [0.5, 0.6) is 0 Å². The molecule has 1 aliphatic rings. The predicted molar refractivity (Wildman–Crippen MR) is 84.4 cm³/mol. The molecule has 8 heteroatoms. The molecule has 0 bridgehead atoms. The van der Waals surface area contributed by atoms with Crippen molar-refractivity contribution >= 4 is 17.5 Å². The van der Waals surface area contributed by atoms with Gasteiger partial charge in [-0.05, 0) is 25.0 Å². The molecule has 0 unspecified atom stereocenters. The molecule has 0 fully saturated rings. The number of carbonyl (C=O) groups excluding carboxylic acids is 1. The van der Waals surface area contributed by atoms with E-state index in [0.717, 1.165) is 12.1 Å². The highest BCUT2D eigenvalue weighted by atomic mass is 35.5. The number of hydrogen-bond acceptors (Lipinski definition) is 3. The van der Waals surface area contributed by atoms with E-state index in [2.05, 4.69) is 10.3 Å².